The van der Waals surface area contributed by atoms with Gasteiger partial charge in [-0.25, -0.2) is 4.68 Å². The van der Waals surface area contributed by atoms with Crippen LogP contribution in [-0.4, -0.2) is 59.1 Å². The summed E-state index contributed by atoms with van der Waals surface area (Å²) in [7, 11) is 4.98. The Bertz CT molecular complexity index is 993. The molecule has 3 rings (SSSR count). The highest BCUT2D eigenvalue weighted by Crippen LogP contribution is 2.27. The smallest absolute Gasteiger partial charge is 0.257 e. The van der Waals surface area contributed by atoms with Crippen LogP contribution >= 0.6 is 0 Å². The Balaban J connectivity index is 2.06. The minimum absolute atomic E-state index is 0.00949. The van der Waals surface area contributed by atoms with Crippen molar-refractivity contribution in [2.24, 2.45) is 0 Å². The average molecular weight is 376 g/mol. The Morgan fingerprint density at radius 3 is 2.25 bits per heavy atom. The quantitative estimate of drug-likeness (QED) is 0.688. The first-order valence-corrected chi connectivity index (χ1v) is 9.05. The highest BCUT2D eigenvalue weighted by atomic mass is 16.2. The van der Waals surface area contributed by atoms with Crippen LogP contribution in [0.5, 0.6) is 0 Å². The molecular weight excluding hydrogens is 352 g/mol. The maximum absolute atomic E-state index is 13.2. The SMILES string of the molecule is Cc1ccccc1-c1nn(-c2ccccc2)cc1C(=O)N(C)CC(=O)N(C)C. The lowest BCUT2D eigenvalue weighted by Gasteiger charge is -2.19. The minimum atomic E-state index is -0.240. The van der Waals surface area contributed by atoms with E-state index in [0.29, 0.717) is 11.3 Å². The summed E-state index contributed by atoms with van der Waals surface area (Å²) >= 11 is 0. The summed E-state index contributed by atoms with van der Waals surface area (Å²) in [6, 6.07) is 17.5. The van der Waals surface area contributed by atoms with Gasteiger partial charge < -0.3 is 9.80 Å². The first-order chi connectivity index (χ1) is 13.4. The first-order valence-electron chi connectivity index (χ1n) is 9.05. The zero-order chi connectivity index (χ0) is 20.3. The maximum atomic E-state index is 13.2. The number of likely N-dealkylation sites (N-methyl/N-ethyl adjacent to an activating group) is 2. The van der Waals surface area contributed by atoms with Crippen molar-refractivity contribution in [2.75, 3.05) is 27.7 Å². The van der Waals surface area contributed by atoms with Gasteiger partial charge in [-0.3, -0.25) is 9.59 Å². The third kappa shape index (κ3) is 3.96. The molecule has 0 fully saturated rings. The van der Waals surface area contributed by atoms with Crippen LogP contribution in [0.1, 0.15) is 15.9 Å². The van der Waals surface area contributed by atoms with E-state index < -0.39 is 0 Å². The summed E-state index contributed by atoms with van der Waals surface area (Å²) in [5.41, 5.74) is 3.86. The Hall–Kier alpha value is -3.41. The number of aromatic nitrogens is 2. The molecule has 3 aromatic rings. The molecule has 0 aliphatic rings. The second-order valence-electron chi connectivity index (χ2n) is 6.94. The molecule has 2 amide bonds. The average Bonchev–Trinajstić information content (AvgIpc) is 3.13. The molecule has 1 aromatic heterocycles. The largest absolute Gasteiger partial charge is 0.347 e. The number of para-hydroxylation sites is 1. The van der Waals surface area contributed by atoms with Crippen LogP contribution in [0.15, 0.2) is 60.8 Å². The van der Waals surface area contributed by atoms with Gasteiger partial charge in [0.05, 0.1) is 17.8 Å². The van der Waals surface area contributed by atoms with Gasteiger partial charge in [-0.15, -0.1) is 0 Å². The van der Waals surface area contributed by atoms with Crippen LogP contribution in [0.3, 0.4) is 0 Å². The zero-order valence-electron chi connectivity index (χ0n) is 16.6. The predicted molar refractivity (Wildman–Crippen MR) is 109 cm³/mol. The van der Waals surface area contributed by atoms with Crippen molar-refractivity contribution in [3.63, 3.8) is 0 Å². The number of nitrogens with zero attached hydrogens (tertiary/aromatic N) is 4. The van der Waals surface area contributed by atoms with E-state index in [1.54, 1.807) is 32.0 Å². The molecule has 0 unspecified atom stereocenters. The highest BCUT2D eigenvalue weighted by molar-refractivity contribution is 6.01. The molecule has 0 spiro atoms. The third-order valence-electron chi connectivity index (χ3n) is 4.58. The number of aryl methyl sites for hydroxylation is 1. The second-order valence-corrected chi connectivity index (χ2v) is 6.94. The van der Waals surface area contributed by atoms with Gasteiger partial charge in [0.1, 0.15) is 5.69 Å². The Morgan fingerprint density at radius 1 is 0.964 bits per heavy atom. The fourth-order valence-electron chi connectivity index (χ4n) is 2.90. The summed E-state index contributed by atoms with van der Waals surface area (Å²) in [5.74, 6) is -0.376. The van der Waals surface area contributed by atoms with Crippen LogP contribution in [0.4, 0.5) is 0 Å². The Labute approximate surface area is 165 Å². The summed E-state index contributed by atoms with van der Waals surface area (Å²) in [6.45, 7) is 2.00. The molecule has 144 valence electrons. The molecule has 0 aliphatic heterocycles. The molecule has 0 N–H and O–H groups in total. The van der Waals surface area contributed by atoms with Crippen LogP contribution in [0.2, 0.25) is 0 Å². The van der Waals surface area contributed by atoms with Crippen molar-refractivity contribution in [1.82, 2.24) is 19.6 Å². The van der Waals surface area contributed by atoms with Gasteiger partial charge in [-0.2, -0.15) is 5.10 Å². The molecule has 6 nitrogen and oxygen atoms in total. The lowest BCUT2D eigenvalue weighted by molar-refractivity contribution is -0.129. The van der Waals surface area contributed by atoms with Gasteiger partial charge in [0.15, 0.2) is 0 Å². The summed E-state index contributed by atoms with van der Waals surface area (Å²) in [4.78, 5) is 28.1. The van der Waals surface area contributed by atoms with Crippen molar-refractivity contribution < 1.29 is 9.59 Å². The monoisotopic (exact) mass is 376 g/mol. The fourth-order valence-corrected chi connectivity index (χ4v) is 2.90. The normalized spacial score (nSPS) is 10.6. The number of benzene rings is 2. The first kappa shape index (κ1) is 19.4. The Kier molecular flexibility index (Phi) is 5.59. The number of hydrogen-bond acceptors (Lipinski definition) is 3. The molecular formula is C22H24N4O2. The zero-order valence-corrected chi connectivity index (χ0v) is 16.6. The fraction of sp³-hybridized carbons (Fsp3) is 0.227. The molecule has 0 saturated carbocycles. The van der Waals surface area contributed by atoms with E-state index in [9.17, 15) is 9.59 Å². The van der Waals surface area contributed by atoms with Crippen molar-refractivity contribution >= 4 is 11.8 Å². The standard InChI is InChI=1S/C22H24N4O2/c1-16-10-8-9-13-18(16)21-19(22(28)25(4)15-20(27)24(2)3)14-26(23-21)17-11-6-5-7-12-17/h5-14H,15H2,1-4H3. The number of rotatable bonds is 5. The van der Waals surface area contributed by atoms with E-state index in [4.69, 9.17) is 5.10 Å². The molecule has 6 heteroatoms. The molecule has 0 radical (unpaired) electrons. The van der Waals surface area contributed by atoms with E-state index in [0.717, 1.165) is 16.8 Å². The van der Waals surface area contributed by atoms with Crippen molar-refractivity contribution in [1.29, 1.82) is 0 Å². The molecule has 0 bridgehead atoms. The molecule has 1 heterocycles. The van der Waals surface area contributed by atoms with Crippen LogP contribution < -0.4 is 0 Å². The Morgan fingerprint density at radius 2 is 1.61 bits per heavy atom. The molecule has 0 aliphatic carbocycles. The second kappa shape index (κ2) is 8.08. The maximum Gasteiger partial charge on any atom is 0.257 e. The summed E-state index contributed by atoms with van der Waals surface area (Å²) in [6.07, 6.45) is 1.73. The third-order valence-corrected chi connectivity index (χ3v) is 4.58. The van der Waals surface area contributed by atoms with E-state index in [2.05, 4.69) is 0 Å². The van der Waals surface area contributed by atoms with Crippen molar-refractivity contribution in [2.45, 2.75) is 6.92 Å². The van der Waals surface area contributed by atoms with E-state index in [-0.39, 0.29) is 18.4 Å². The number of hydrogen-bond donors (Lipinski definition) is 0. The highest BCUT2D eigenvalue weighted by Gasteiger charge is 2.24. The van der Waals surface area contributed by atoms with E-state index >= 15 is 0 Å². The lowest BCUT2D eigenvalue weighted by atomic mass is 10.0. The predicted octanol–water partition coefficient (Wildman–Crippen LogP) is 3.01. The van der Waals surface area contributed by atoms with Gasteiger partial charge in [-0.05, 0) is 24.6 Å². The summed E-state index contributed by atoms with van der Waals surface area (Å²) < 4.78 is 1.70. The molecule has 2 aromatic carbocycles. The minimum Gasteiger partial charge on any atom is -0.347 e. The van der Waals surface area contributed by atoms with Crippen molar-refractivity contribution in [3.8, 4) is 16.9 Å². The number of carbonyl (C=O) groups excluding carboxylic acids is 2. The van der Waals surface area contributed by atoms with Gasteiger partial charge in [0.25, 0.3) is 5.91 Å². The van der Waals surface area contributed by atoms with Gasteiger partial charge >= 0.3 is 0 Å². The van der Waals surface area contributed by atoms with Gasteiger partial charge in [0.2, 0.25) is 5.91 Å². The van der Waals surface area contributed by atoms with E-state index in [1.807, 2.05) is 61.5 Å². The van der Waals surface area contributed by atoms with E-state index in [1.165, 1.54) is 9.80 Å². The molecule has 0 saturated heterocycles. The molecule has 28 heavy (non-hydrogen) atoms. The van der Waals surface area contributed by atoms with Gasteiger partial charge in [0, 0.05) is 32.9 Å². The van der Waals surface area contributed by atoms with Crippen molar-refractivity contribution in [3.05, 3.63) is 71.9 Å². The number of amides is 2. The van der Waals surface area contributed by atoms with Crippen LogP contribution in [0, 0.1) is 6.92 Å². The van der Waals surface area contributed by atoms with Gasteiger partial charge in [-0.1, -0.05) is 42.5 Å². The topological polar surface area (TPSA) is 58.4 Å². The van der Waals surface area contributed by atoms with Crippen LogP contribution in [0.25, 0.3) is 16.9 Å². The van der Waals surface area contributed by atoms with Crippen LogP contribution in [-0.2, 0) is 4.79 Å². The number of carbonyl (C=O) groups is 2. The summed E-state index contributed by atoms with van der Waals surface area (Å²) in [5, 5.41) is 4.70. The lowest BCUT2D eigenvalue weighted by Crippen LogP contribution is -2.37. The molecule has 0 atom stereocenters.